The summed E-state index contributed by atoms with van der Waals surface area (Å²) in [5.74, 6) is 2.54. The van der Waals surface area contributed by atoms with Crippen LogP contribution in [0.25, 0.3) is 0 Å². The quantitative estimate of drug-likeness (QED) is 0.914. The van der Waals surface area contributed by atoms with Crippen LogP contribution in [-0.2, 0) is 0 Å². The number of aromatic nitrogens is 3. The molecule has 0 unspecified atom stereocenters. The van der Waals surface area contributed by atoms with Gasteiger partial charge in [0.05, 0.1) is 6.04 Å². The number of aryl methyl sites for hydroxylation is 1. The van der Waals surface area contributed by atoms with Crippen molar-refractivity contribution in [2.45, 2.75) is 31.7 Å². The van der Waals surface area contributed by atoms with E-state index < -0.39 is 0 Å². The number of aromatic amines is 1. The minimum atomic E-state index is 0.114. The lowest BCUT2D eigenvalue weighted by Gasteiger charge is -2.22. The zero-order valence-corrected chi connectivity index (χ0v) is 11.7. The van der Waals surface area contributed by atoms with E-state index in [9.17, 15) is 0 Å². The van der Waals surface area contributed by atoms with E-state index >= 15 is 0 Å². The Labute approximate surface area is 113 Å². The number of benzene rings is 1. The summed E-state index contributed by atoms with van der Waals surface area (Å²) < 4.78 is 0. The van der Waals surface area contributed by atoms with E-state index in [1.54, 1.807) is 0 Å². The molecule has 1 saturated carbocycles. The van der Waals surface area contributed by atoms with Gasteiger partial charge in [-0.2, -0.15) is 5.10 Å². The third-order valence-corrected chi connectivity index (χ3v) is 3.60. The van der Waals surface area contributed by atoms with Crippen LogP contribution in [0.2, 0.25) is 0 Å². The molecule has 3 rings (SSSR count). The Hall–Kier alpha value is -1.68. The number of hydrogen-bond donors (Lipinski definition) is 1. The van der Waals surface area contributed by atoms with Gasteiger partial charge in [0.1, 0.15) is 5.82 Å². The van der Waals surface area contributed by atoms with E-state index in [0.29, 0.717) is 5.92 Å². The van der Waals surface area contributed by atoms with E-state index in [0.717, 1.165) is 11.6 Å². The van der Waals surface area contributed by atoms with Crippen molar-refractivity contribution in [3.63, 3.8) is 0 Å². The summed E-state index contributed by atoms with van der Waals surface area (Å²) >= 11 is 0. The average molecular weight is 256 g/mol. The molecule has 1 aromatic carbocycles. The van der Waals surface area contributed by atoms with Gasteiger partial charge in [-0.1, -0.05) is 29.8 Å². The lowest BCUT2D eigenvalue weighted by Crippen LogP contribution is -2.22. The maximum atomic E-state index is 4.69. The molecular weight excluding hydrogens is 236 g/mol. The van der Waals surface area contributed by atoms with Gasteiger partial charge in [-0.25, -0.2) is 4.98 Å². The number of rotatable bonds is 4. The monoisotopic (exact) mass is 256 g/mol. The van der Waals surface area contributed by atoms with Gasteiger partial charge in [0.2, 0.25) is 0 Å². The maximum absolute atomic E-state index is 4.69. The highest BCUT2D eigenvalue weighted by atomic mass is 15.3. The Bertz CT molecular complexity index is 569. The summed E-state index contributed by atoms with van der Waals surface area (Å²) in [6.45, 7) is 2.11. The van der Waals surface area contributed by atoms with Crippen molar-refractivity contribution in [2.75, 3.05) is 14.1 Å². The summed E-state index contributed by atoms with van der Waals surface area (Å²) in [5, 5.41) is 7.53. The molecule has 0 spiro atoms. The van der Waals surface area contributed by atoms with Crippen LogP contribution in [0.3, 0.4) is 0 Å². The van der Waals surface area contributed by atoms with Gasteiger partial charge in [0.15, 0.2) is 5.82 Å². The highest BCUT2D eigenvalue weighted by Gasteiger charge is 2.29. The topological polar surface area (TPSA) is 44.8 Å². The fourth-order valence-electron chi connectivity index (χ4n) is 2.47. The van der Waals surface area contributed by atoms with E-state index in [1.165, 1.54) is 24.0 Å². The summed E-state index contributed by atoms with van der Waals surface area (Å²) in [5.41, 5.74) is 2.51. The van der Waals surface area contributed by atoms with Crippen LogP contribution in [0.1, 0.15) is 47.6 Å². The molecule has 0 saturated heterocycles. The van der Waals surface area contributed by atoms with E-state index in [-0.39, 0.29) is 6.04 Å². The van der Waals surface area contributed by atoms with Gasteiger partial charge in [-0.05, 0) is 39.4 Å². The standard InChI is InChI=1S/C15H20N4/c1-10-5-4-6-12(9-10)13(19(2)3)15-16-14(17-18-15)11-7-8-11/h4-6,9,11,13H,7-8H2,1-3H3,(H,16,17,18)/t13-/m0/s1. The Morgan fingerprint density at radius 1 is 1.32 bits per heavy atom. The maximum Gasteiger partial charge on any atom is 0.172 e. The first kappa shape index (κ1) is 12.4. The lowest BCUT2D eigenvalue weighted by atomic mass is 10.0. The molecule has 19 heavy (non-hydrogen) atoms. The lowest BCUT2D eigenvalue weighted by molar-refractivity contribution is 0.330. The Kier molecular flexibility index (Phi) is 3.11. The number of hydrogen-bond acceptors (Lipinski definition) is 3. The Morgan fingerprint density at radius 3 is 2.74 bits per heavy atom. The predicted octanol–water partition coefficient (Wildman–Crippen LogP) is 2.64. The molecule has 2 aromatic rings. The fraction of sp³-hybridized carbons (Fsp3) is 0.467. The molecule has 0 radical (unpaired) electrons. The van der Waals surface area contributed by atoms with Crippen LogP contribution in [0.15, 0.2) is 24.3 Å². The van der Waals surface area contributed by atoms with Crippen molar-refractivity contribution in [3.8, 4) is 0 Å². The molecule has 0 amide bonds. The molecule has 0 aliphatic heterocycles. The zero-order valence-electron chi connectivity index (χ0n) is 11.7. The van der Waals surface area contributed by atoms with Crippen molar-refractivity contribution in [1.82, 2.24) is 20.1 Å². The van der Waals surface area contributed by atoms with Gasteiger partial charge in [0, 0.05) is 5.92 Å². The predicted molar refractivity (Wildman–Crippen MR) is 75.1 cm³/mol. The molecule has 1 aliphatic carbocycles. The first-order valence-corrected chi connectivity index (χ1v) is 6.80. The minimum absolute atomic E-state index is 0.114. The molecule has 1 aliphatic rings. The molecular formula is C15H20N4. The molecule has 1 atom stereocenters. The van der Waals surface area contributed by atoms with Crippen molar-refractivity contribution in [3.05, 3.63) is 47.0 Å². The molecule has 4 nitrogen and oxygen atoms in total. The van der Waals surface area contributed by atoms with Crippen LogP contribution in [0.4, 0.5) is 0 Å². The number of H-pyrrole nitrogens is 1. The van der Waals surface area contributed by atoms with E-state index in [2.05, 4.69) is 60.4 Å². The molecule has 4 heteroatoms. The highest BCUT2D eigenvalue weighted by molar-refractivity contribution is 5.29. The fourth-order valence-corrected chi connectivity index (χ4v) is 2.47. The number of nitrogens with zero attached hydrogens (tertiary/aromatic N) is 3. The molecule has 1 aromatic heterocycles. The first-order valence-electron chi connectivity index (χ1n) is 6.80. The van der Waals surface area contributed by atoms with Gasteiger partial charge >= 0.3 is 0 Å². The summed E-state index contributed by atoms with van der Waals surface area (Å²) in [6.07, 6.45) is 2.48. The third-order valence-electron chi connectivity index (χ3n) is 3.60. The van der Waals surface area contributed by atoms with Crippen LogP contribution < -0.4 is 0 Å². The minimum Gasteiger partial charge on any atom is -0.296 e. The van der Waals surface area contributed by atoms with Crippen molar-refractivity contribution >= 4 is 0 Å². The largest absolute Gasteiger partial charge is 0.296 e. The first-order chi connectivity index (χ1) is 9.15. The summed E-state index contributed by atoms with van der Waals surface area (Å²) in [6, 6.07) is 8.67. The van der Waals surface area contributed by atoms with Crippen molar-refractivity contribution < 1.29 is 0 Å². The molecule has 1 heterocycles. The van der Waals surface area contributed by atoms with E-state index in [1.807, 2.05) is 0 Å². The van der Waals surface area contributed by atoms with Gasteiger partial charge in [-0.3, -0.25) is 10.00 Å². The Balaban J connectivity index is 1.95. The van der Waals surface area contributed by atoms with Gasteiger partial charge in [0.25, 0.3) is 0 Å². The molecule has 100 valence electrons. The Morgan fingerprint density at radius 2 is 2.11 bits per heavy atom. The SMILES string of the molecule is Cc1cccc([C@@H](c2n[nH]c(C3CC3)n2)N(C)C)c1. The van der Waals surface area contributed by atoms with Crippen LogP contribution in [0, 0.1) is 6.92 Å². The van der Waals surface area contributed by atoms with Crippen molar-refractivity contribution in [1.29, 1.82) is 0 Å². The normalized spacial score (nSPS) is 16.8. The van der Waals surface area contributed by atoms with E-state index in [4.69, 9.17) is 4.98 Å². The second kappa shape index (κ2) is 4.78. The summed E-state index contributed by atoms with van der Waals surface area (Å²) in [4.78, 5) is 6.85. The average Bonchev–Trinajstić information content (AvgIpc) is 3.10. The molecule has 1 N–H and O–H groups in total. The van der Waals surface area contributed by atoms with Gasteiger partial charge < -0.3 is 0 Å². The van der Waals surface area contributed by atoms with Gasteiger partial charge in [-0.15, -0.1) is 0 Å². The third kappa shape index (κ3) is 2.54. The second-order valence-corrected chi connectivity index (χ2v) is 5.63. The number of nitrogens with one attached hydrogen (secondary N) is 1. The summed E-state index contributed by atoms with van der Waals surface area (Å²) in [7, 11) is 4.14. The second-order valence-electron chi connectivity index (χ2n) is 5.63. The van der Waals surface area contributed by atoms with Crippen LogP contribution in [0.5, 0.6) is 0 Å². The van der Waals surface area contributed by atoms with Crippen LogP contribution >= 0.6 is 0 Å². The molecule has 1 fully saturated rings. The van der Waals surface area contributed by atoms with Crippen molar-refractivity contribution in [2.24, 2.45) is 0 Å². The van der Waals surface area contributed by atoms with Crippen LogP contribution in [-0.4, -0.2) is 34.2 Å². The zero-order chi connectivity index (χ0) is 13.4. The smallest absolute Gasteiger partial charge is 0.172 e. The molecule has 0 bridgehead atoms. The highest BCUT2D eigenvalue weighted by Crippen LogP contribution is 2.38.